The van der Waals surface area contributed by atoms with Gasteiger partial charge in [-0.2, -0.15) is 0 Å². The molecule has 0 saturated carbocycles. The zero-order valence-corrected chi connectivity index (χ0v) is 11.8. The van der Waals surface area contributed by atoms with Crippen molar-refractivity contribution in [2.45, 2.75) is 13.8 Å². The molecule has 0 spiro atoms. The smallest absolute Gasteiger partial charge is 0.188 e. The second kappa shape index (κ2) is 4.83. The van der Waals surface area contributed by atoms with E-state index in [0.717, 1.165) is 21.8 Å². The molecule has 3 rings (SSSR count). The zero-order valence-electron chi connectivity index (χ0n) is 11.0. The second-order valence-corrected chi connectivity index (χ2v) is 5.68. The van der Waals surface area contributed by atoms with Gasteiger partial charge < -0.3 is 5.32 Å². The molecule has 0 saturated heterocycles. The first-order valence-electron chi connectivity index (χ1n) is 6.13. The average Bonchev–Trinajstić information content (AvgIpc) is 2.80. The zero-order chi connectivity index (χ0) is 14.3. The third-order valence-corrected chi connectivity index (χ3v) is 4.05. The molecule has 5 heteroatoms. The number of thiazole rings is 1. The fraction of sp³-hybridized carbons (Fsp3) is 0.133. The van der Waals surface area contributed by atoms with E-state index in [4.69, 9.17) is 0 Å². The van der Waals surface area contributed by atoms with Crippen LogP contribution in [0, 0.1) is 25.5 Å². The molecule has 1 N–H and O–H groups in total. The Kier molecular flexibility index (Phi) is 3.14. The summed E-state index contributed by atoms with van der Waals surface area (Å²) in [6.45, 7) is 3.50. The molecule has 0 radical (unpaired) electrons. The molecule has 0 aliphatic rings. The number of fused-ring (bicyclic) bond motifs is 1. The first-order valence-corrected chi connectivity index (χ1v) is 6.95. The normalized spacial score (nSPS) is 11.0. The average molecular weight is 290 g/mol. The quantitative estimate of drug-likeness (QED) is 0.723. The third kappa shape index (κ3) is 2.25. The summed E-state index contributed by atoms with van der Waals surface area (Å²) in [6.07, 6.45) is 0. The fourth-order valence-corrected chi connectivity index (χ4v) is 2.95. The van der Waals surface area contributed by atoms with Crippen LogP contribution in [0.5, 0.6) is 0 Å². The van der Waals surface area contributed by atoms with Gasteiger partial charge in [0.2, 0.25) is 0 Å². The Bertz CT molecular complexity index is 796. The molecule has 20 heavy (non-hydrogen) atoms. The largest absolute Gasteiger partial charge is 0.329 e. The standard InChI is InChI=1S/C15H12F2N2S/c1-8-4-3-5-13-14(8)19-15(20-13)18-12-7-10(16)9(2)6-11(12)17/h3-7H,1-2H3,(H,18,19). The van der Waals surface area contributed by atoms with Crippen LogP contribution >= 0.6 is 11.3 Å². The molecule has 3 aromatic rings. The van der Waals surface area contributed by atoms with Gasteiger partial charge in [-0.3, -0.25) is 0 Å². The van der Waals surface area contributed by atoms with E-state index in [9.17, 15) is 8.78 Å². The maximum absolute atomic E-state index is 13.8. The summed E-state index contributed by atoms with van der Waals surface area (Å²) >= 11 is 1.41. The van der Waals surface area contributed by atoms with Crippen molar-refractivity contribution >= 4 is 32.4 Å². The van der Waals surface area contributed by atoms with Crippen molar-refractivity contribution < 1.29 is 8.78 Å². The summed E-state index contributed by atoms with van der Waals surface area (Å²) in [5.41, 5.74) is 2.33. The van der Waals surface area contributed by atoms with Gasteiger partial charge in [-0.05, 0) is 37.1 Å². The van der Waals surface area contributed by atoms with Gasteiger partial charge in [0.05, 0.1) is 15.9 Å². The molecule has 0 aliphatic carbocycles. The van der Waals surface area contributed by atoms with Gasteiger partial charge in [0, 0.05) is 6.07 Å². The van der Waals surface area contributed by atoms with Gasteiger partial charge >= 0.3 is 0 Å². The summed E-state index contributed by atoms with van der Waals surface area (Å²) < 4.78 is 28.3. The highest BCUT2D eigenvalue weighted by Crippen LogP contribution is 2.31. The number of rotatable bonds is 2. The minimum absolute atomic E-state index is 0.102. The molecule has 1 aromatic heterocycles. The molecule has 102 valence electrons. The summed E-state index contributed by atoms with van der Waals surface area (Å²) in [6, 6.07) is 8.21. The van der Waals surface area contributed by atoms with Gasteiger partial charge in [0.25, 0.3) is 0 Å². The Hall–Kier alpha value is -2.01. The lowest BCUT2D eigenvalue weighted by Gasteiger charge is -2.05. The van der Waals surface area contributed by atoms with Crippen molar-refractivity contribution in [2.24, 2.45) is 0 Å². The number of nitrogens with one attached hydrogen (secondary N) is 1. The molecular weight excluding hydrogens is 278 g/mol. The topological polar surface area (TPSA) is 24.9 Å². The van der Waals surface area contributed by atoms with E-state index in [-0.39, 0.29) is 11.3 Å². The van der Waals surface area contributed by atoms with Gasteiger partial charge in [0.1, 0.15) is 11.6 Å². The van der Waals surface area contributed by atoms with Crippen LogP contribution in [0.1, 0.15) is 11.1 Å². The Morgan fingerprint density at radius 3 is 2.60 bits per heavy atom. The summed E-state index contributed by atoms with van der Waals surface area (Å²) in [5.74, 6) is -0.925. The van der Waals surface area contributed by atoms with Crippen molar-refractivity contribution in [3.8, 4) is 0 Å². The van der Waals surface area contributed by atoms with Gasteiger partial charge in [-0.25, -0.2) is 13.8 Å². The number of aromatic nitrogens is 1. The predicted molar refractivity (Wildman–Crippen MR) is 78.7 cm³/mol. The summed E-state index contributed by atoms with van der Waals surface area (Å²) in [7, 11) is 0. The first kappa shape index (κ1) is 13.0. The Balaban J connectivity index is 2.01. The van der Waals surface area contributed by atoms with Crippen molar-refractivity contribution in [2.75, 3.05) is 5.32 Å². The number of nitrogens with zero attached hydrogens (tertiary/aromatic N) is 1. The minimum Gasteiger partial charge on any atom is -0.329 e. The van der Waals surface area contributed by atoms with Gasteiger partial charge in [-0.15, -0.1) is 0 Å². The van der Waals surface area contributed by atoms with E-state index in [1.165, 1.54) is 24.3 Å². The van der Waals surface area contributed by atoms with Crippen molar-refractivity contribution in [3.05, 3.63) is 53.1 Å². The van der Waals surface area contributed by atoms with E-state index < -0.39 is 11.6 Å². The summed E-state index contributed by atoms with van der Waals surface area (Å²) in [4.78, 5) is 4.42. The van der Waals surface area contributed by atoms with Crippen molar-refractivity contribution in [1.82, 2.24) is 4.98 Å². The lowest BCUT2D eigenvalue weighted by atomic mass is 10.2. The number of hydrogen-bond acceptors (Lipinski definition) is 3. The molecular formula is C15H12F2N2S. The predicted octanol–water partition coefficient (Wildman–Crippen LogP) is 4.93. The molecule has 0 aliphatic heterocycles. The SMILES string of the molecule is Cc1cc(F)c(Nc2nc3c(C)cccc3s2)cc1F. The molecule has 0 fully saturated rings. The number of hydrogen-bond donors (Lipinski definition) is 1. The lowest BCUT2D eigenvalue weighted by molar-refractivity contribution is 0.595. The molecule has 2 nitrogen and oxygen atoms in total. The van der Waals surface area contributed by atoms with Crippen LogP contribution in [0.3, 0.4) is 0 Å². The highest BCUT2D eigenvalue weighted by atomic mass is 32.1. The van der Waals surface area contributed by atoms with Crippen LogP contribution in [-0.4, -0.2) is 4.98 Å². The van der Waals surface area contributed by atoms with Crippen LogP contribution in [0.15, 0.2) is 30.3 Å². The molecule has 2 aromatic carbocycles. The Morgan fingerprint density at radius 2 is 1.85 bits per heavy atom. The molecule has 0 atom stereocenters. The van der Waals surface area contributed by atoms with E-state index in [1.807, 2.05) is 25.1 Å². The maximum Gasteiger partial charge on any atom is 0.188 e. The van der Waals surface area contributed by atoms with Crippen molar-refractivity contribution in [3.63, 3.8) is 0 Å². The highest BCUT2D eigenvalue weighted by molar-refractivity contribution is 7.22. The number of para-hydroxylation sites is 1. The number of anilines is 2. The monoisotopic (exact) mass is 290 g/mol. The number of benzene rings is 2. The number of aryl methyl sites for hydroxylation is 2. The fourth-order valence-electron chi connectivity index (χ4n) is 2.00. The highest BCUT2D eigenvalue weighted by Gasteiger charge is 2.10. The van der Waals surface area contributed by atoms with Crippen LogP contribution in [0.25, 0.3) is 10.2 Å². The van der Waals surface area contributed by atoms with Crippen molar-refractivity contribution in [1.29, 1.82) is 0 Å². The van der Waals surface area contributed by atoms with E-state index in [0.29, 0.717) is 5.13 Å². The molecule has 0 amide bonds. The minimum atomic E-state index is -0.486. The van der Waals surface area contributed by atoms with E-state index in [2.05, 4.69) is 10.3 Å². The van der Waals surface area contributed by atoms with Crippen LogP contribution in [-0.2, 0) is 0 Å². The van der Waals surface area contributed by atoms with Gasteiger partial charge in [-0.1, -0.05) is 23.5 Å². The number of halogens is 2. The molecule has 1 heterocycles. The first-order chi connectivity index (χ1) is 9.54. The molecule has 0 unspecified atom stereocenters. The van der Waals surface area contributed by atoms with Crippen LogP contribution in [0.2, 0.25) is 0 Å². The van der Waals surface area contributed by atoms with Crippen LogP contribution < -0.4 is 5.32 Å². The summed E-state index contributed by atoms with van der Waals surface area (Å²) in [5, 5.41) is 3.40. The van der Waals surface area contributed by atoms with Gasteiger partial charge in [0.15, 0.2) is 5.13 Å². The Morgan fingerprint density at radius 1 is 1.05 bits per heavy atom. The van der Waals surface area contributed by atoms with E-state index in [1.54, 1.807) is 0 Å². The van der Waals surface area contributed by atoms with Crippen LogP contribution in [0.4, 0.5) is 19.6 Å². The maximum atomic E-state index is 13.8. The second-order valence-electron chi connectivity index (χ2n) is 4.65. The third-order valence-electron chi connectivity index (χ3n) is 3.11. The lowest BCUT2D eigenvalue weighted by Crippen LogP contribution is -1.96. The molecule has 0 bridgehead atoms. The Labute approximate surface area is 119 Å². The van der Waals surface area contributed by atoms with E-state index >= 15 is 0 Å².